The lowest BCUT2D eigenvalue weighted by molar-refractivity contribution is 0.0974. The van der Waals surface area contributed by atoms with Gasteiger partial charge in [0.15, 0.2) is 5.78 Å². The standard InChI is InChI=1S/C16H19N3O/c20-15(6-5-12-3-1-2-4-12)14-11-18-19-16(14)13-7-9-17-10-8-13/h7-12H,1-6H2,(H,18,19). The maximum atomic E-state index is 12.4. The number of nitrogens with zero attached hydrogens (tertiary/aromatic N) is 2. The summed E-state index contributed by atoms with van der Waals surface area (Å²) in [4.78, 5) is 16.4. The first-order chi connectivity index (χ1) is 9.84. The number of nitrogens with one attached hydrogen (secondary N) is 1. The molecule has 1 saturated carbocycles. The molecule has 4 heteroatoms. The van der Waals surface area contributed by atoms with E-state index in [0.717, 1.165) is 23.6 Å². The second-order valence-corrected chi connectivity index (χ2v) is 5.51. The highest BCUT2D eigenvalue weighted by molar-refractivity contribution is 6.01. The summed E-state index contributed by atoms with van der Waals surface area (Å²) in [5.41, 5.74) is 2.47. The molecule has 1 N–H and O–H groups in total. The summed E-state index contributed by atoms with van der Waals surface area (Å²) >= 11 is 0. The van der Waals surface area contributed by atoms with Gasteiger partial charge in [-0.05, 0) is 24.5 Å². The Morgan fingerprint density at radius 1 is 1.25 bits per heavy atom. The predicted molar refractivity (Wildman–Crippen MR) is 77.3 cm³/mol. The minimum Gasteiger partial charge on any atom is -0.294 e. The maximum absolute atomic E-state index is 12.4. The molecule has 1 aliphatic carbocycles. The minimum absolute atomic E-state index is 0.192. The fraction of sp³-hybridized carbons (Fsp3) is 0.438. The molecule has 0 spiro atoms. The van der Waals surface area contributed by atoms with Gasteiger partial charge in [-0.1, -0.05) is 25.7 Å². The van der Waals surface area contributed by atoms with E-state index < -0.39 is 0 Å². The number of H-pyrrole nitrogens is 1. The van der Waals surface area contributed by atoms with Gasteiger partial charge in [-0.2, -0.15) is 5.10 Å². The summed E-state index contributed by atoms with van der Waals surface area (Å²) in [6.45, 7) is 0. The van der Waals surface area contributed by atoms with Crippen LogP contribution in [-0.4, -0.2) is 21.0 Å². The largest absolute Gasteiger partial charge is 0.294 e. The van der Waals surface area contributed by atoms with Crippen LogP contribution in [0.3, 0.4) is 0 Å². The first kappa shape index (κ1) is 13.0. The van der Waals surface area contributed by atoms with Crippen LogP contribution in [0.4, 0.5) is 0 Å². The third-order valence-electron chi connectivity index (χ3n) is 4.16. The van der Waals surface area contributed by atoms with Crippen LogP contribution in [0.5, 0.6) is 0 Å². The molecule has 2 aromatic heterocycles. The molecule has 0 aliphatic heterocycles. The Morgan fingerprint density at radius 2 is 2.00 bits per heavy atom. The molecule has 0 saturated heterocycles. The summed E-state index contributed by atoms with van der Waals surface area (Å²) in [7, 11) is 0. The van der Waals surface area contributed by atoms with E-state index >= 15 is 0 Å². The van der Waals surface area contributed by atoms with E-state index in [1.54, 1.807) is 18.6 Å². The van der Waals surface area contributed by atoms with Gasteiger partial charge in [-0.15, -0.1) is 0 Å². The Balaban J connectivity index is 1.70. The van der Waals surface area contributed by atoms with E-state index in [4.69, 9.17) is 0 Å². The van der Waals surface area contributed by atoms with Gasteiger partial charge in [0, 0.05) is 24.4 Å². The molecule has 2 aromatic rings. The number of carbonyl (C=O) groups excluding carboxylic acids is 1. The SMILES string of the molecule is O=C(CCC1CCCC1)c1cn[nH]c1-c1ccncc1. The quantitative estimate of drug-likeness (QED) is 0.843. The topological polar surface area (TPSA) is 58.6 Å². The molecule has 0 radical (unpaired) electrons. The van der Waals surface area contributed by atoms with Crippen LogP contribution < -0.4 is 0 Å². The first-order valence-corrected chi connectivity index (χ1v) is 7.31. The van der Waals surface area contributed by atoms with Crippen LogP contribution in [0.1, 0.15) is 48.9 Å². The Hall–Kier alpha value is -1.97. The van der Waals surface area contributed by atoms with Gasteiger partial charge >= 0.3 is 0 Å². The number of aromatic nitrogens is 3. The number of pyridine rings is 1. The van der Waals surface area contributed by atoms with Crippen molar-refractivity contribution < 1.29 is 4.79 Å². The van der Waals surface area contributed by atoms with Crippen molar-refractivity contribution in [2.75, 3.05) is 0 Å². The zero-order chi connectivity index (χ0) is 13.8. The molecular weight excluding hydrogens is 250 g/mol. The molecular formula is C16H19N3O. The summed E-state index contributed by atoms with van der Waals surface area (Å²) in [5.74, 6) is 0.938. The molecule has 20 heavy (non-hydrogen) atoms. The molecule has 3 rings (SSSR count). The number of ketones is 1. The molecule has 0 unspecified atom stereocenters. The van der Waals surface area contributed by atoms with E-state index in [-0.39, 0.29) is 5.78 Å². The highest BCUT2D eigenvalue weighted by atomic mass is 16.1. The molecule has 2 heterocycles. The van der Waals surface area contributed by atoms with Gasteiger partial charge in [0.05, 0.1) is 17.5 Å². The number of aromatic amines is 1. The number of rotatable bonds is 5. The van der Waals surface area contributed by atoms with Crippen molar-refractivity contribution >= 4 is 5.78 Å². The molecule has 4 nitrogen and oxygen atoms in total. The second kappa shape index (κ2) is 5.99. The maximum Gasteiger partial charge on any atom is 0.166 e. The lowest BCUT2D eigenvalue weighted by Gasteiger charge is -2.07. The molecule has 1 aliphatic rings. The van der Waals surface area contributed by atoms with Crippen molar-refractivity contribution in [3.8, 4) is 11.3 Å². The minimum atomic E-state index is 0.192. The molecule has 0 bridgehead atoms. The van der Waals surface area contributed by atoms with Gasteiger partial charge in [0.25, 0.3) is 0 Å². The van der Waals surface area contributed by atoms with Crippen molar-refractivity contribution in [3.63, 3.8) is 0 Å². The van der Waals surface area contributed by atoms with Crippen LogP contribution in [0.25, 0.3) is 11.3 Å². The third-order valence-corrected chi connectivity index (χ3v) is 4.16. The van der Waals surface area contributed by atoms with Crippen LogP contribution >= 0.6 is 0 Å². The first-order valence-electron chi connectivity index (χ1n) is 7.31. The normalized spacial score (nSPS) is 15.6. The lowest BCUT2D eigenvalue weighted by Crippen LogP contribution is -2.03. The zero-order valence-electron chi connectivity index (χ0n) is 11.5. The van der Waals surface area contributed by atoms with Crippen molar-refractivity contribution in [1.29, 1.82) is 0 Å². The molecule has 104 valence electrons. The van der Waals surface area contributed by atoms with E-state index in [2.05, 4.69) is 15.2 Å². The zero-order valence-corrected chi connectivity index (χ0v) is 11.5. The lowest BCUT2D eigenvalue weighted by atomic mass is 9.97. The van der Waals surface area contributed by atoms with Crippen LogP contribution in [0, 0.1) is 5.92 Å². The van der Waals surface area contributed by atoms with Gasteiger partial charge < -0.3 is 0 Å². The molecule has 0 amide bonds. The van der Waals surface area contributed by atoms with Crippen LogP contribution in [0.2, 0.25) is 0 Å². The predicted octanol–water partition coefficient (Wildman–Crippen LogP) is 3.62. The average molecular weight is 269 g/mol. The van der Waals surface area contributed by atoms with Crippen molar-refractivity contribution in [2.24, 2.45) is 5.92 Å². The second-order valence-electron chi connectivity index (χ2n) is 5.51. The Kier molecular flexibility index (Phi) is 3.90. The fourth-order valence-electron chi connectivity index (χ4n) is 3.01. The monoisotopic (exact) mass is 269 g/mol. The summed E-state index contributed by atoms with van der Waals surface area (Å²) in [6.07, 6.45) is 12.0. The fourth-order valence-corrected chi connectivity index (χ4v) is 3.01. The number of hydrogen-bond donors (Lipinski definition) is 1. The highest BCUT2D eigenvalue weighted by Gasteiger charge is 2.19. The van der Waals surface area contributed by atoms with Gasteiger partial charge in [-0.25, -0.2) is 0 Å². The average Bonchev–Trinajstić information content (AvgIpc) is 3.17. The van der Waals surface area contributed by atoms with E-state index in [0.29, 0.717) is 12.0 Å². The van der Waals surface area contributed by atoms with Crippen molar-refractivity contribution in [2.45, 2.75) is 38.5 Å². The highest BCUT2D eigenvalue weighted by Crippen LogP contribution is 2.30. The third kappa shape index (κ3) is 2.79. The summed E-state index contributed by atoms with van der Waals surface area (Å²) in [5, 5.41) is 6.97. The van der Waals surface area contributed by atoms with Crippen molar-refractivity contribution in [3.05, 3.63) is 36.3 Å². The van der Waals surface area contributed by atoms with E-state index in [1.165, 1.54) is 25.7 Å². The van der Waals surface area contributed by atoms with Gasteiger partial charge in [0.2, 0.25) is 0 Å². The Bertz CT molecular complexity index is 570. The van der Waals surface area contributed by atoms with Gasteiger partial charge in [-0.3, -0.25) is 14.9 Å². The molecule has 1 fully saturated rings. The number of hydrogen-bond acceptors (Lipinski definition) is 3. The van der Waals surface area contributed by atoms with Gasteiger partial charge in [0.1, 0.15) is 0 Å². The molecule has 0 atom stereocenters. The summed E-state index contributed by atoms with van der Waals surface area (Å²) < 4.78 is 0. The van der Waals surface area contributed by atoms with E-state index in [9.17, 15) is 4.79 Å². The summed E-state index contributed by atoms with van der Waals surface area (Å²) in [6, 6.07) is 3.78. The number of carbonyl (C=O) groups is 1. The van der Waals surface area contributed by atoms with Crippen LogP contribution in [-0.2, 0) is 0 Å². The number of Topliss-reactive ketones (excluding diaryl/α,β-unsaturated/α-hetero) is 1. The Labute approximate surface area is 118 Å². The van der Waals surface area contributed by atoms with Crippen LogP contribution in [0.15, 0.2) is 30.7 Å². The molecule has 0 aromatic carbocycles. The Morgan fingerprint density at radius 3 is 2.75 bits per heavy atom. The van der Waals surface area contributed by atoms with E-state index in [1.807, 2.05) is 12.1 Å². The smallest absolute Gasteiger partial charge is 0.166 e. The van der Waals surface area contributed by atoms with Crippen molar-refractivity contribution in [1.82, 2.24) is 15.2 Å².